The van der Waals surface area contributed by atoms with Crippen LogP contribution in [-0.2, 0) is 17.8 Å². The summed E-state index contributed by atoms with van der Waals surface area (Å²) in [7, 11) is 0. The summed E-state index contributed by atoms with van der Waals surface area (Å²) in [6.45, 7) is 3.01. The molecule has 1 aromatic rings. The predicted octanol–water partition coefficient (Wildman–Crippen LogP) is 1.40. The molecule has 0 spiro atoms. The van der Waals surface area contributed by atoms with Crippen molar-refractivity contribution in [1.29, 1.82) is 0 Å². The lowest BCUT2D eigenvalue weighted by molar-refractivity contribution is -0.129. The zero-order chi connectivity index (χ0) is 10.8. The number of benzene rings is 1. The van der Waals surface area contributed by atoms with Crippen LogP contribution in [0.25, 0.3) is 0 Å². The largest absolute Gasteiger partial charge is 0.338 e. The molecule has 0 aliphatic carbocycles. The highest BCUT2D eigenvalue weighted by Gasteiger charge is 2.17. The average Bonchev–Trinajstić information content (AvgIpc) is 2.27. The van der Waals surface area contributed by atoms with Crippen LogP contribution in [0.5, 0.6) is 0 Å². The lowest BCUT2D eigenvalue weighted by atomic mass is 9.97. The zero-order valence-electron chi connectivity index (χ0n) is 8.69. The summed E-state index contributed by atoms with van der Waals surface area (Å²) >= 11 is 0. The Balaban J connectivity index is 2.28. The smallest absolute Gasteiger partial charge is 0.219 e. The standard InChI is InChI=1S/C12H13NO2/c1-9(15)13-5-4-11-6-10(8-14)2-3-12(11)7-13/h2-3,6,8H,4-5,7H2,1H3. The van der Waals surface area contributed by atoms with E-state index in [2.05, 4.69) is 0 Å². The van der Waals surface area contributed by atoms with Crippen LogP contribution >= 0.6 is 0 Å². The van der Waals surface area contributed by atoms with E-state index in [0.29, 0.717) is 12.1 Å². The van der Waals surface area contributed by atoms with Gasteiger partial charge in [-0.15, -0.1) is 0 Å². The lowest BCUT2D eigenvalue weighted by Crippen LogP contribution is -2.34. The highest BCUT2D eigenvalue weighted by Crippen LogP contribution is 2.19. The fourth-order valence-corrected chi connectivity index (χ4v) is 1.91. The molecule has 1 aromatic carbocycles. The van der Waals surface area contributed by atoms with E-state index in [-0.39, 0.29) is 5.91 Å². The van der Waals surface area contributed by atoms with Crippen LogP contribution < -0.4 is 0 Å². The number of aldehydes is 1. The van der Waals surface area contributed by atoms with Gasteiger partial charge in [-0.3, -0.25) is 9.59 Å². The molecular weight excluding hydrogens is 190 g/mol. The van der Waals surface area contributed by atoms with E-state index in [1.165, 1.54) is 5.56 Å². The third-order valence-corrected chi connectivity index (χ3v) is 2.82. The maximum Gasteiger partial charge on any atom is 0.219 e. The first-order chi connectivity index (χ1) is 7.20. The van der Waals surface area contributed by atoms with E-state index in [1.807, 2.05) is 17.0 Å². The molecule has 0 saturated heterocycles. The average molecular weight is 203 g/mol. The fraction of sp³-hybridized carbons (Fsp3) is 0.333. The molecule has 0 unspecified atom stereocenters. The Morgan fingerprint density at radius 1 is 1.40 bits per heavy atom. The van der Waals surface area contributed by atoms with Crippen molar-refractivity contribution >= 4 is 12.2 Å². The van der Waals surface area contributed by atoms with Crippen LogP contribution in [0.2, 0.25) is 0 Å². The van der Waals surface area contributed by atoms with Crippen molar-refractivity contribution < 1.29 is 9.59 Å². The van der Waals surface area contributed by atoms with Gasteiger partial charge in [-0.2, -0.15) is 0 Å². The maximum absolute atomic E-state index is 11.2. The fourth-order valence-electron chi connectivity index (χ4n) is 1.91. The Morgan fingerprint density at radius 3 is 2.87 bits per heavy atom. The van der Waals surface area contributed by atoms with Crippen molar-refractivity contribution in [3.05, 3.63) is 34.9 Å². The third kappa shape index (κ3) is 1.91. The molecule has 15 heavy (non-hydrogen) atoms. The predicted molar refractivity (Wildman–Crippen MR) is 56.6 cm³/mol. The van der Waals surface area contributed by atoms with E-state index < -0.39 is 0 Å². The number of amides is 1. The van der Waals surface area contributed by atoms with Gasteiger partial charge in [-0.25, -0.2) is 0 Å². The molecule has 0 saturated carbocycles. The van der Waals surface area contributed by atoms with Crippen LogP contribution in [0, 0.1) is 0 Å². The first-order valence-corrected chi connectivity index (χ1v) is 5.03. The van der Waals surface area contributed by atoms with Gasteiger partial charge < -0.3 is 4.90 Å². The van der Waals surface area contributed by atoms with Crippen molar-refractivity contribution in [3.8, 4) is 0 Å². The van der Waals surface area contributed by atoms with Crippen LogP contribution in [0.1, 0.15) is 28.4 Å². The van der Waals surface area contributed by atoms with Crippen molar-refractivity contribution in [2.24, 2.45) is 0 Å². The summed E-state index contributed by atoms with van der Waals surface area (Å²) in [6, 6.07) is 5.66. The Labute approximate surface area is 88.7 Å². The molecule has 0 atom stereocenters. The van der Waals surface area contributed by atoms with Crippen molar-refractivity contribution in [1.82, 2.24) is 4.90 Å². The molecule has 3 heteroatoms. The number of hydrogen-bond donors (Lipinski definition) is 0. The third-order valence-electron chi connectivity index (χ3n) is 2.82. The van der Waals surface area contributed by atoms with Gasteiger partial charge in [-0.1, -0.05) is 12.1 Å². The molecule has 1 heterocycles. The van der Waals surface area contributed by atoms with Gasteiger partial charge in [0.25, 0.3) is 0 Å². The van der Waals surface area contributed by atoms with Gasteiger partial charge in [0.1, 0.15) is 6.29 Å². The summed E-state index contributed by atoms with van der Waals surface area (Å²) in [5, 5.41) is 0. The minimum atomic E-state index is 0.111. The van der Waals surface area contributed by atoms with Crippen LogP contribution in [0.4, 0.5) is 0 Å². The number of carbonyl (C=O) groups is 2. The molecule has 1 amide bonds. The van der Waals surface area contributed by atoms with Gasteiger partial charge in [0.2, 0.25) is 5.91 Å². The van der Waals surface area contributed by atoms with Crippen LogP contribution in [0.15, 0.2) is 18.2 Å². The van der Waals surface area contributed by atoms with Gasteiger partial charge in [0.05, 0.1) is 0 Å². The van der Waals surface area contributed by atoms with E-state index in [9.17, 15) is 9.59 Å². The van der Waals surface area contributed by atoms with E-state index in [0.717, 1.165) is 24.8 Å². The van der Waals surface area contributed by atoms with E-state index >= 15 is 0 Å². The van der Waals surface area contributed by atoms with Gasteiger partial charge >= 0.3 is 0 Å². The summed E-state index contributed by atoms with van der Waals surface area (Å²) in [5.74, 6) is 0.111. The summed E-state index contributed by atoms with van der Waals surface area (Å²) < 4.78 is 0. The molecule has 0 fully saturated rings. The Bertz CT molecular complexity index is 412. The minimum Gasteiger partial charge on any atom is -0.338 e. The van der Waals surface area contributed by atoms with E-state index in [4.69, 9.17) is 0 Å². The van der Waals surface area contributed by atoms with Gasteiger partial charge in [-0.05, 0) is 23.6 Å². The van der Waals surface area contributed by atoms with Crippen LogP contribution in [-0.4, -0.2) is 23.6 Å². The molecule has 0 N–H and O–H groups in total. The summed E-state index contributed by atoms with van der Waals surface area (Å²) in [4.78, 5) is 23.6. The monoisotopic (exact) mass is 203 g/mol. The van der Waals surface area contributed by atoms with Crippen LogP contribution in [0.3, 0.4) is 0 Å². The summed E-state index contributed by atoms with van der Waals surface area (Å²) in [6.07, 6.45) is 1.70. The molecule has 3 nitrogen and oxygen atoms in total. The number of nitrogens with zero attached hydrogens (tertiary/aromatic N) is 1. The first kappa shape index (κ1) is 9.90. The second-order valence-electron chi connectivity index (χ2n) is 3.84. The van der Waals surface area contributed by atoms with Crippen molar-refractivity contribution in [2.75, 3.05) is 6.54 Å². The zero-order valence-corrected chi connectivity index (χ0v) is 8.69. The second kappa shape index (κ2) is 3.85. The lowest BCUT2D eigenvalue weighted by Gasteiger charge is -2.27. The highest BCUT2D eigenvalue weighted by atomic mass is 16.2. The van der Waals surface area contributed by atoms with E-state index in [1.54, 1.807) is 13.0 Å². The van der Waals surface area contributed by atoms with Crippen molar-refractivity contribution in [2.45, 2.75) is 19.9 Å². The number of carbonyl (C=O) groups excluding carboxylic acids is 2. The number of fused-ring (bicyclic) bond motifs is 1. The molecule has 0 aromatic heterocycles. The minimum absolute atomic E-state index is 0.111. The Kier molecular flexibility index (Phi) is 2.54. The molecule has 0 radical (unpaired) electrons. The first-order valence-electron chi connectivity index (χ1n) is 5.03. The molecule has 2 rings (SSSR count). The van der Waals surface area contributed by atoms with Gasteiger partial charge in [0, 0.05) is 25.6 Å². The molecular formula is C12H13NO2. The molecule has 0 bridgehead atoms. The Morgan fingerprint density at radius 2 is 2.20 bits per heavy atom. The van der Waals surface area contributed by atoms with Gasteiger partial charge in [0.15, 0.2) is 0 Å². The summed E-state index contributed by atoms with van der Waals surface area (Å²) in [5.41, 5.74) is 3.06. The normalized spacial score (nSPS) is 14.6. The SMILES string of the molecule is CC(=O)N1CCc2cc(C=O)ccc2C1. The molecule has 1 aliphatic heterocycles. The Hall–Kier alpha value is -1.64. The van der Waals surface area contributed by atoms with Crippen molar-refractivity contribution in [3.63, 3.8) is 0 Å². The molecule has 78 valence electrons. The maximum atomic E-state index is 11.2. The molecule has 1 aliphatic rings. The number of rotatable bonds is 1. The highest BCUT2D eigenvalue weighted by molar-refractivity contribution is 5.76. The quantitative estimate of drug-likeness (QED) is 0.647. The number of hydrogen-bond acceptors (Lipinski definition) is 2. The second-order valence-corrected chi connectivity index (χ2v) is 3.84. The topological polar surface area (TPSA) is 37.4 Å².